The fourth-order valence-corrected chi connectivity index (χ4v) is 2.94. The molecular formula is C19H16F5N5O2. The molecule has 0 saturated heterocycles. The Bertz CT molecular complexity index is 1140. The monoisotopic (exact) mass is 441 g/mol. The molecule has 0 spiro atoms. The number of ether oxygens (including phenoxy) is 1. The van der Waals surface area contributed by atoms with Crippen LogP contribution in [-0.2, 0) is 13.1 Å². The third kappa shape index (κ3) is 4.18. The van der Waals surface area contributed by atoms with E-state index in [1.807, 2.05) is 13.8 Å². The van der Waals surface area contributed by atoms with Gasteiger partial charge in [0.25, 0.3) is 5.91 Å². The van der Waals surface area contributed by atoms with E-state index in [1.165, 1.54) is 10.9 Å². The zero-order valence-electron chi connectivity index (χ0n) is 16.6. The number of halogens is 5. The highest BCUT2D eigenvalue weighted by molar-refractivity contribution is 5.94. The van der Waals surface area contributed by atoms with E-state index in [0.717, 1.165) is 11.1 Å². The molecule has 1 aromatic carbocycles. The minimum Gasteiger partial charge on any atom is -0.496 e. The quantitative estimate of drug-likeness (QED) is 0.361. The van der Waals surface area contributed by atoms with Gasteiger partial charge in [0.15, 0.2) is 23.3 Å². The molecule has 7 nitrogen and oxygen atoms in total. The van der Waals surface area contributed by atoms with E-state index in [2.05, 4.69) is 20.6 Å². The van der Waals surface area contributed by atoms with Crippen molar-refractivity contribution in [3.8, 4) is 5.75 Å². The van der Waals surface area contributed by atoms with Crippen LogP contribution < -0.4 is 10.1 Å². The zero-order valence-corrected chi connectivity index (χ0v) is 16.6. The second-order valence-electron chi connectivity index (χ2n) is 6.58. The van der Waals surface area contributed by atoms with E-state index >= 15 is 0 Å². The fraction of sp³-hybridized carbons (Fsp3) is 0.263. The molecule has 0 unspecified atom stereocenters. The van der Waals surface area contributed by atoms with Crippen molar-refractivity contribution in [2.75, 3.05) is 7.11 Å². The van der Waals surface area contributed by atoms with E-state index in [4.69, 9.17) is 4.74 Å². The smallest absolute Gasteiger partial charge is 0.257 e. The molecule has 0 aliphatic heterocycles. The number of pyridine rings is 1. The van der Waals surface area contributed by atoms with Crippen molar-refractivity contribution in [1.29, 1.82) is 0 Å². The summed E-state index contributed by atoms with van der Waals surface area (Å²) >= 11 is 0. The van der Waals surface area contributed by atoms with Gasteiger partial charge in [-0.25, -0.2) is 26.6 Å². The van der Waals surface area contributed by atoms with Gasteiger partial charge in [0.05, 0.1) is 32.1 Å². The molecule has 164 valence electrons. The van der Waals surface area contributed by atoms with Gasteiger partial charge in [0.1, 0.15) is 17.0 Å². The van der Waals surface area contributed by atoms with Crippen molar-refractivity contribution >= 4 is 5.91 Å². The lowest BCUT2D eigenvalue weighted by Gasteiger charge is -2.11. The van der Waals surface area contributed by atoms with Gasteiger partial charge in [-0.15, -0.1) is 5.10 Å². The maximum absolute atomic E-state index is 13.7. The Kier molecular flexibility index (Phi) is 6.18. The number of benzene rings is 1. The highest BCUT2D eigenvalue weighted by Crippen LogP contribution is 2.25. The van der Waals surface area contributed by atoms with Crippen LogP contribution in [0.2, 0.25) is 0 Å². The van der Waals surface area contributed by atoms with Crippen LogP contribution in [0.5, 0.6) is 5.75 Å². The second-order valence-corrected chi connectivity index (χ2v) is 6.58. The molecule has 0 aliphatic rings. The average Bonchev–Trinajstić information content (AvgIpc) is 3.19. The largest absolute Gasteiger partial charge is 0.496 e. The number of carbonyl (C=O) groups is 1. The summed E-state index contributed by atoms with van der Waals surface area (Å²) in [5, 5.41) is 9.74. The molecule has 3 aromatic rings. The summed E-state index contributed by atoms with van der Waals surface area (Å²) in [6, 6.07) is 0. The van der Waals surface area contributed by atoms with Crippen LogP contribution in [0, 0.1) is 42.9 Å². The van der Waals surface area contributed by atoms with Crippen LogP contribution >= 0.6 is 0 Å². The molecule has 2 heterocycles. The number of hydrogen-bond acceptors (Lipinski definition) is 5. The molecule has 1 N–H and O–H groups in total. The van der Waals surface area contributed by atoms with Gasteiger partial charge in [-0.05, 0) is 13.8 Å². The van der Waals surface area contributed by atoms with E-state index in [-0.39, 0.29) is 18.8 Å². The lowest BCUT2D eigenvalue weighted by atomic mass is 10.1. The van der Waals surface area contributed by atoms with E-state index < -0.39 is 40.6 Å². The standard InChI is InChI=1S/C19H16F5N5O2/c1-8-4-25-11(9(2)18(8)31-3)7-29-6-10(27-28-29)5-26-19(30)12-13(20)15(22)17(24)16(23)14(12)21/h4,6H,5,7H2,1-3H3,(H,26,30). The van der Waals surface area contributed by atoms with Gasteiger partial charge in [-0.3, -0.25) is 9.78 Å². The minimum atomic E-state index is -2.34. The minimum absolute atomic E-state index is 0.189. The molecule has 12 heteroatoms. The first-order valence-corrected chi connectivity index (χ1v) is 8.83. The number of methoxy groups -OCH3 is 1. The van der Waals surface area contributed by atoms with E-state index in [1.54, 1.807) is 13.3 Å². The van der Waals surface area contributed by atoms with Crippen molar-refractivity contribution < 1.29 is 31.5 Å². The van der Waals surface area contributed by atoms with Gasteiger partial charge in [-0.1, -0.05) is 5.21 Å². The van der Waals surface area contributed by atoms with E-state index in [0.29, 0.717) is 11.4 Å². The van der Waals surface area contributed by atoms with Gasteiger partial charge in [0.2, 0.25) is 5.82 Å². The molecule has 1 amide bonds. The Hall–Kier alpha value is -3.57. The highest BCUT2D eigenvalue weighted by Gasteiger charge is 2.29. The van der Waals surface area contributed by atoms with Gasteiger partial charge in [-0.2, -0.15) is 0 Å². The molecule has 0 bridgehead atoms. The van der Waals surface area contributed by atoms with Crippen molar-refractivity contribution in [2.45, 2.75) is 26.9 Å². The molecule has 0 saturated carbocycles. The number of aryl methyl sites for hydroxylation is 1. The van der Waals surface area contributed by atoms with Crippen LogP contribution in [0.15, 0.2) is 12.4 Å². The number of nitrogens with zero attached hydrogens (tertiary/aromatic N) is 4. The third-order valence-electron chi connectivity index (χ3n) is 4.51. The summed E-state index contributed by atoms with van der Waals surface area (Å²) in [6.07, 6.45) is 3.08. The lowest BCUT2D eigenvalue weighted by Crippen LogP contribution is -2.26. The maximum Gasteiger partial charge on any atom is 0.257 e. The normalized spacial score (nSPS) is 11.0. The SMILES string of the molecule is COc1c(C)cnc(Cn2cc(CNC(=O)c3c(F)c(F)c(F)c(F)c3F)nn2)c1C. The Morgan fingerprint density at radius 1 is 1.06 bits per heavy atom. The molecule has 0 radical (unpaired) electrons. The summed E-state index contributed by atoms with van der Waals surface area (Å²) in [7, 11) is 1.54. The second kappa shape index (κ2) is 8.66. The Morgan fingerprint density at radius 2 is 1.68 bits per heavy atom. The van der Waals surface area contributed by atoms with Gasteiger partial charge < -0.3 is 10.1 Å². The van der Waals surface area contributed by atoms with Crippen LogP contribution in [0.3, 0.4) is 0 Å². The molecule has 2 aromatic heterocycles. The summed E-state index contributed by atoms with van der Waals surface area (Å²) in [5.41, 5.74) is 0.937. The zero-order chi connectivity index (χ0) is 22.9. The van der Waals surface area contributed by atoms with Crippen molar-refractivity contribution in [2.24, 2.45) is 0 Å². The van der Waals surface area contributed by atoms with Crippen molar-refractivity contribution in [3.63, 3.8) is 0 Å². The molecule has 31 heavy (non-hydrogen) atoms. The number of rotatable bonds is 6. The maximum atomic E-state index is 13.7. The summed E-state index contributed by atoms with van der Waals surface area (Å²) in [5.74, 6) is -12.0. The lowest BCUT2D eigenvalue weighted by molar-refractivity contribution is 0.0938. The predicted octanol–water partition coefficient (Wildman–Crippen LogP) is 2.97. The Morgan fingerprint density at radius 3 is 2.29 bits per heavy atom. The van der Waals surface area contributed by atoms with Gasteiger partial charge in [0, 0.05) is 17.3 Å². The first kappa shape index (κ1) is 22.1. The molecule has 3 rings (SSSR count). The average molecular weight is 441 g/mol. The summed E-state index contributed by atoms with van der Waals surface area (Å²) in [4.78, 5) is 16.3. The summed E-state index contributed by atoms with van der Waals surface area (Å²) in [6.45, 7) is 3.54. The number of nitrogens with one attached hydrogen (secondary N) is 1. The van der Waals surface area contributed by atoms with Gasteiger partial charge >= 0.3 is 0 Å². The molecule has 0 fully saturated rings. The van der Waals surface area contributed by atoms with Crippen LogP contribution in [-0.4, -0.2) is 33.0 Å². The van der Waals surface area contributed by atoms with Crippen molar-refractivity contribution in [1.82, 2.24) is 25.3 Å². The molecule has 0 aliphatic carbocycles. The Labute approximate surface area is 172 Å². The van der Waals surface area contributed by atoms with Crippen LogP contribution in [0.1, 0.15) is 32.9 Å². The highest BCUT2D eigenvalue weighted by atomic mass is 19.2. The van der Waals surface area contributed by atoms with Crippen LogP contribution in [0.25, 0.3) is 0 Å². The predicted molar refractivity (Wildman–Crippen MR) is 96.8 cm³/mol. The van der Waals surface area contributed by atoms with E-state index in [9.17, 15) is 26.7 Å². The van der Waals surface area contributed by atoms with Crippen molar-refractivity contribution in [3.05, 3.63) is 69.6 Å². The number of aromatic nitrogens is 4. The number of amides is 1. The summed E-state index contributed by atoms with van der Waals surface area (Å²) < 4.78 is 73.8. The Balaban J connectivity index is 1.73. The topological polar surface area (TPSA) is 81.9 Å². The fourth-order valence-electron chi connectivity index (χ4n) is 2.94. The third-order valence-corrected chi connectivity index (χ3v) is 4.51. The first-order chi connectivity index (χ1) is 14.6. The first-order valence-electron chi connectivity index (χ1n) is 8.83. The number of carbonyl (C=O) groups excluding carboxylic acids is 1. The molecule has 0 atom stereocenters. The van der Waals surface area contributed by atoms with Crippen LogP contribution in [0.4, 0.5) is 22.0 Å². The molecular weight excluding hydrogens is 425 g/mol. The number of hydrogen-bond donors (Lipinski definition) is 1.